The molecule has 1 aromatic rings. The van der Waals surface area contributed by atoms with Crippen molar-refractivity contribution in [2.24, 2.45) is 0 Å². The normalized spacial score (nSPS) is 14.3. The van der Waals surface area contributed by atoms with Crippen molar-refractivity contribution < 1.29 is 4.74 Å². The largest absolute Gasteiger partial charge is 0.370 e. The van der Waals surface area contributed by atoms with Crippen LogP contribution in [0.2, 0.25) is 0 Å². The molecule has 1 rings (SSSR count). The van der Waals surface area contributed by atoms with Gasteiger partial charge in [-0.25, -0.2) is 0 Å². The van der Waals surface area contributed by atoms with E-state index in [9.17, 15) is 0 Å². The Morgan fingerprint density at radius 2 is 1.89 bits per heavy atom. The van der Waals surface area contributed by atoms with E-state index < -0.39 is 0 Å². The Morgan fingerprint density at radius 1 is 1.16 bits per heavy atom. The quantitative estimate of drug-likeness (QED) is 0.411. The lowest BCUT2D eigenvalue weighted by Crippen LogP contribution is -2.15. The van der Waals surface area contributed by atoms with E-state index in [0.717, 1.165) is 11.8 Å². The molecule has 19 heavy (non-hydrogen) atoms. The van der Waals surface area contributed by atoms with Crippen LogP contribution in [-0.2, 0) is 4.74 Å². The van der Waals surface area contributed by atoms with Gasteiger partial charge in [0, 0.05) is 5.33 Å². The average Bonchev–Trinajstić information content (AvgIpc) is 2.42. The number of hydrogen-bond acceptors (Lipinski definition) is 1. The molecule has 0 bridgehead atoms. The minimum atomic E-state index is 0.169. The summed E-state index contributed by atoms with van der Waals surface area (Å²) in [5, 5.41) is 0.858. The summed E-state index contributed by atoms with van der Waals surface area (Å²) < 4.78 is 6.20. The van der Waals surface area contributed by atoms with Crippen LogP contribution >= 0.6 is 15.9 Å². The van der Waals surface area contributed by atoms with Gasteiger partial charge in [0.1, 0.15) is 0 Å². The Balaban J connectivity index is 2.46. The number of hydrogen-bond donors (Lipinski definition) is 0. The first-order valence-electron chi connectivity index (χ1n) is 7.46. The zero-order chi connectivity index (χ0) is 14.1. The third kappa shape index (κ3) is 6.09. The van der Waals surface area contributed by atoms with Gasteiger partial charge < -0.3 is 4.74 Å². The molecule has 0 radical (unpaired) electrons. The average molecular weight is 327 g/mol. The van der Waals surface area contributed by atoms with Crippen molar-refractivity contribution in [1.29, 1.82) is 0 Å². The molecule has 0 aliphatic rings. The third-order valence-electron chi connectivity index (χ3n) is 3.54. The van der Waals surface area contributed by atoms with E-state index in [1.165, 1.54) is 36.8 Å². The van der Waals surface area contributed by atoms with Crippen molar-refractivity contribution in [3.05, 3.63) is 35.4 Å². The van der Waals surface area contributed by atoms with Crippen molar-refractivity contribution >= 4 is 15.9 Å². The highest BCUT2D eigenvalue weighted by Crippen LogP contribution is 2.25. The standard InChI is InChI=1S/C17H27BrO/c1-4-5-6-7-11-15(3)19-17(13-18)16-12-9-8-10-14(16)2/h8-10,12,15,17H,4-7,11,13H2,1-3H3. The summed E-state index contributed by atoms with van der Waals surface area (Å²) in [4.78, 5) is 0. The molecule has 108 valence electrons. The number of benzene rings is 1. The zero-order valence-corrected chi connectivity index (χ0v) is 14.1. The van der Waals surface area contributed by atoms with Crippen molar-refractivity contribution in [1.82, 2.24) is 0 Å². The first kappa shape index (κ1) is 16.7. The molecular weight excluding hydrogens is 300 g/mol. The molecular formula is C17H27BrO. The van der Waals surface area contributed by atoms with Gasteiger partial charge in [-0.05, 0) is 31.4 Å². The molecule has 2 heteroatoms. The molecule has 1 nitrogen and oxygen atoms in total. The van der Waals surface area contributed by atoms with Gasteiger partial charge in [0.25, 0.3) is 0 Å². The molecule has 0 spiro atoms. The molecule has 0 heterocycles. The summed E-state index contributed by atoms with van der Waals surface area (Å²) in [6.07, 6.45) is 6.90. The van der Waals surface area contributed by atoms with Crippen LogP contribution in [0.3, 0.4) is 0 Å². The lowest BCUT2D eigenvalue weighted by atomic mass is 10.0. The van der Waals surface area contributed by atoms with Gasteiger partial charge in [0.05, 0.1) is 12.2 Å². The Bertz CT molecular complexity index is 351. The molecule has 0 aromatic heterocycles. The van der Waals surface area contributed by atoms with Gasteiger partial charge in [0.2, 0.25) is 0 Å². The summed E-state index contributed by atoms with van der Waals surface area (Å²) in [6, 6.07) is 8.50. The maximum absolute atomic E-state index is 6.20. The van der Waals surface area contributed by atoms with E-state index in [1.54, 1.807) is 0 Å². The predicted octanol–water partition coefficient (Wildman–Crippen LogP) is 5.81. The van der Waals surface area contributed by atoms with Crippen LogP contribution in [0.5, 0.6) is 0 Å². The highest BCUT2D eigenvalue weighted by atomic mass is 79.9. The minimum Gasteiger partial charge on any atom is -0.370 e. The smallest absolute Gasteiger partial charge is 0.0927 e. The first-order valence-corrected chi connectivity index (χ1v) is 8.58. The van der Waals surface area contributed by atoms with Crippen LogP contribution in [0.4, 0.5) is 0 Å². The molecule has 2 unspecified atom stereocenters. The lowest BCUT2D eigenvalue weighted by molar-refractivity contribution is 0.00463. The maximum Gasteiger partial charge on any atom is 0.0927 e. The molecule has 0 amide bonds. The van der Waals surface area contributed by atoms with E-state index in [0.29, 0.717) is 6.10 Å². The van der Waals surface area contributed by atoms with Gasteiger partial charge >= 0.3 is 0 Å². The van der Waals surface area contributed by atoms with Crippen LogP contribution in [-0.4, -0.2) is 11.4 Å². The molecule has 1 aromatic carbocycles. The van der Waals surface area contributed by atoms with Crippen LogP contribution in [0.1, 0.15) is 63.2 Å². The van der Waals surface area contributed by atoms with Gasteiger partial charge in [0.15, 0.2) is 0 Å². The number of rotatable bonds is 9. The van der Waals surface area contributed by atoms with Gasteiger partial charge in [-0.3, -0.25) is 0 Å². The Morgan fingerprint density at radius 3 is 2.53 bits per heavy atom. The Hall–Kier alpha value is -0.340. The second-order valence-corrected chi connectivity index (χ2v) is 5.94. The third-order valence-corrected chi connectivity index (χ3v) is 4.12. The molecule has 0 N–H and O–H groups in total. The molecule has 0 aliphatic heterocycles. The van der Waals surface area contributed by atoms with E-state index >= 15 is 0 Å². The van der Waals surface area contributed by atoms with E-state index in [4.69, 9.17) is 4.74 Å². The molecule has 0 fully saturated rings. The van der Waals surface area contributed by atoms with E-state index in [2.05, 4.69) is 61.0 Å². The number of unbranched alkanes of at least 4 members (excludes halogenated alkanes) is 3. The summed E-state index contributed by atoms with van der Waals surface area (Å²) in [5.74, 6) is 0. The molecule has 2 atom stereocenters. The number of alkyl halides is 1. The van der Waals surface area contributed by atoms with Gasteiger partial charge in [-0.15, -0.1) is 0 Å². The van der Waals surface area contributed by atoms with Crippen LogP contribution < -0.4 is 0 Å². The van der Waals surface area contributed by atoms with Crippen molar-refractivity contribution in [3.63, 3.8) is 0 Å². The number of ether oxygens (including phenoxy) is 1. The minimum absolute atomic E-state index is 0.169. The van der Waals surface area contributed by atoms with Crippen molar-refractivity contribution in [3.8, 4) is 0 Å². The topological polar surface area (TPSA) is 9.23 Å². The Labute approximate surface area is 126 Å². The van der Waals surface area contributed by atoms with Gasteiger partial charge in [-0.1, -0.05) is 72.8 Å². The monoisotopic (exact) mass is 326 g/mol. The van der Waals surface area contributed by atoms with Crippen LogP contribution in [0.25, 0.3) is 0 Å². The molecule has 0 saturated carbocycles. The summed E-state index contributed by atoms with van der Waals surface area (Å²) in [6.45, 7) is 6.60. The summed E-state index contributed by atoms with van der Waals surface area (Å²) >= 11 is 3.58. The number of aryl methyl sites for hydroxylation is 1. The second kappa shape index (κ2) is 9.55. The van der Waals surface area contributed by atoms with E-state index in [1.807, 2.05) is 0 Å². The van der Waals surface area contributed by atoms with Gasteiger partial charge in [-0.2, -0.15) is 0 Å². The van der Waals surface area contributed by atoms with Crippen molar-refractivity contribution in [2.45, 2.75) is 65.1 Å². The lowest BCUT2D eigenvalue weighted by Gasteiger charge is -2.22. The van der Waals surface area contributed by atoms with Crippen LogP contribution in [0, 0.1) is 6.92 Å². The highest BCUT2D eigenvalue weighted by molar-refractivity contribution is 9.09. The first-order chi connectivity index (χ1) is 9.19. The van der Waals surface area contributed by atoms with Crippen LogP contribution in [0.15, 0.2) is 24.3 Å². The predicted molar refractivity (Wildman–Crippen MR) is 87.0 cm³/mol. The van der Waals surface area contributed by atoms with Crippen molar-refractivity contribution in [2.75, 3.05) is 5.33 Å². The van der Waals surface area contributed by atoms with E-state index in [-0.39, 0.29) is 6.10 Å². The second-order valence-electron chi connectivity index (χ2n) is 5.30. The number of halogens is 1. The fraction of sp³-hybridized carbons (Fsp3) is 0.647. The maximum atomic E-state index is 6.20. The SMILES string of the molecule is CCCCCCC(C)OC(CBr)c1ccccc1C. The molecule has 0 saturated heterocycles. The Kier molecular flexibility index (Phi) is 8.40. The highest BCUT2D eigenvalue weighted by Gasteiger charge is 2.15. The fourth-order valence-electron chi connectivity index (χ4n) is 2.35. The zero-order valence-electron chi connectivity index (χ0n) is 12.5. The fourth-order valence-corrected chi connectivity index (χ4v) is 2.85. The summed E-state index contributed by atoms with van der Waals surface area (Å²) in [5.41, 5.74) is 2.62. The molecule has 0 aliphatic carbocycles. The summed E-state index contributed by atoms with van der Waals surface area (Å²) in [7, 11) is 0.